The Kier molecular flexibility index (Phi) is 3.78. The summed E-state index contributed by atoms with van der Waals surface area (Å²) < 4.78 is 6.67. The van der Waals surface area contributed by atoms with E-state index >= 15 is 0 Å². The molecule has 0 unspecified atom stereocenters. The maximum absolute atomic E-state index is 6.67. The van der Waals surface area contributed by atoms with Crippen LogP contribution in [0, 0.1) is 6.92 Å². The first-order chi connectivity index (χ1) is 11.5. The predicted octanol–water partition coefficient (Wildman–Crippen LogP) is 4.75. The number of piperidine rings is 1. The molecule has 0 aromatic heterocycles. The summed E-state index contributed by atoms with van der Waals surface area (Å²) >= 11 is 0. The zero-order valence-corrected chi connectivity index (χ0v) is 15.0. The Morgan fingerprint density at radius 1 is 0.958 bits per heavy atom. The molecule has 2 aliphatic heterocycles. The summed E-state index contributed by atoms with van der Waals surface area (Å²) in [4.78, 5) is 2.56. The molecule has 2 heteroatoms. The van der Waals surface area contributed by atoms with E-state index in [0.717, 1.165) is 32.5 Å². The molecule has 0 radical (unpaired) electrons. The van der Waals surface area contributed by atoms with E-state index in [-0.39, 0.29) is 11.2 Å². The Labute approximate surface area is 145 Å². The first kappa shape index (κ1) is 15.9. The highest BCUT2D eigenvalue weighted by atomic mass is 16.5. The highest BCUT2D eigenvalue weighted by molar-refractivity contribution is 5.43. The van der Waals surface area contributed by atoms with Crippen LogP contribution in [0.1, 0.15) is 48.9 Å². The van der Waals surface area contributed by atoms with E-state index in [4.69, 9.17) is 4.74 Å². The van der Waals surface area contributed by atoms with Crippen LogP contribution in [0.25, 0.3) is 0 Å². The molecule has 24 heavy (non-hydrogen) atoms. The molecule has 2 aromatic carbocycles. The molecule has 2 nitrogen and oxygen atoms in total. The Morgan fingerprint density at radius 3 is 2.38 bits per heavy atom. The zero-order valence-electron chi connectivity index (χ0n) is 15.0. The highest BCUT2D eigenvalue weighted by Crippen LogP contribution is 2.52. The minimum atomic E-state index is -0.176. The second-order valence-corrected chi connectivity index (χ2v) is 7.92. The topological polar surface area (TPSA) is 12.5 Å². The minimum Gasteiger partial charge on any atom is -0.360 e. The van der Waals surface area contributed by atoms with E-state index in [1.807, 2.05) is 0 Å². The van der Waals surface area contributed by atoms with Gasteiger partial charge >= 0.3 is 0 Å². The second kappa shape index (κ2) is 5.72. The molecule has 0 aliphatic carbocycles. The second-order valence-electron chi connectivity index (χ2n) is 7.92. The van der Waals surface area contributed by atoms with Gasteiger partial charge in [0.15, 0.2) is 0 Å². The van der Waals surface area contributed by atoms with Crippen molar-refractivity contribution in [1.82, 2.24) is 4.90 Å². The van der Waals surface area contributed by atoms with Gasteiger partial charge in [-0.15, -0.1) is 0 Å². The van der Waals surface area contributed by atoms with Crippen LogP contribution in [0.3, 0.4) is 0 Å². The molecule has 2 aromatic rings. The largest absolute Gasteiger partial charge is 0.360 e. The SMILES string of the molecule is Cc1ccc2c(c1)C1(CCN(Cc3ccccc3)CC1)OC2(C)C. The van der Waals surface area contributed by atoms with Gasteiger partial charge in [0.2, 0.25) is 0 Å². The summed E-state index contributed by atoms with van der Waals surface area (Å²) in [6, 6.07) is 17.6. The van der Waals surface area contributed by atoms with Crippen molar-refractivity contribution in [1.29, 1.82) is 0 Å². The maximum Gasteiger partial charge on any atom is 0.0971 e. The van der Waals surface area contributed by atoms with Gasteiger partial charge in [0.1, 0.15) is 0 Å². The molecule has 2 heterocycles. The molecular formula is C22H27NO. The summed E-state index contributed by atoms with van der Waals surface area (Å²) in [5, 5.41) is 0. The molecule has 1 saturated heterocycles. The third-order valence-corrected chi connectivity index (χ3v) is 5.68. The molecule has 2 aliphatic rings. The number of fused-ring (bicyclic) bond motifs is 2. The summed E-state index contributed by atoms with van der Waals surface area (Å²) in [5.74, 6) is 0. The smallest absolute Gasteiger partial charge is 0.0971 e. The van der Waals surface area contributed by atoms with Gasteiger partial charge in [-0.2, -0.15) is 0 Å². The summed E-state index contributed by atoms with van der Waals surface area (Å²) in [6.45, 7) is 9.85. The summed E-state index contributed by atoms with van der Waals surface area (Å²) in [7, 11) is 0. The molecule has 0 atom stereocenters. The molecule has 126 valence electrons. The van der Waals surface area contributed by atoms with Crippen molar-refractivity contribution in [3.05, 3.63) is 70.8 Å². The van der Waals surface area contributed by atoms with Crippen LogP contribution >= 0.6 is 0 Å². The Hall–Kier alpha value is -1.64. The third kappa shape index (κ3) is 2.68. The lowest BCUT2D eigenvalue weighted by molar-refractivity contribution is -0.150. The number of hydrogen-bond donors (Lipinski definition) is 0. The number of hydrogen-bond acceptors (Lipinski definition) is 2. The van der Waals surface area contributed by atoms with Gasteiger partial charge in [-0.05, 0) is 50.3 Å². The quantitative estimate of drug-likeness (QED) is 0.791. The number of ether oxygens (including phenoxy) is 1. The van der Waals surface area contributed by atoms with Crippen LogP contribution in [0.5, 0.6) is 0 Å². The summed E-state index contributed by atoms with van der Waals surface area (Å²) in [6.07, 6.45) is 2.17. The summed E-state index contributed by atoms with van der Waals surface area (Å²) in [5.41, 5.74) is 5.29. The fraction of sp³-hybridized carbons (Fsp3) is 0.455. The maximum atomic E-state index is 6.67. The molecule has 4 rings (SSSR count). The van der Waals surface area contributed by atoms with Crippen LogP contribution in [0.2, 0.25) is 0 Å². The van der Waals surface area contributed by atoms with E-state index in [1.165, 1.54) is 22.3 Å². The normalized spacial score (nSPS) is 21.8. The predicted molar refractivity (Wildman–Crippen MR) is 97.9 cm³/mol. The van der Waals surface area contributed by atoms with Crippen molar-refractivity contribution in [2.45, 2.75) is 51.4 Å². The average molecular weight is 321 g/mol. The van der Waals surface area contributed by atoms with Crippen molar-refractivity contribution < 1.29 is 4.74 Å². The van der Waals surface area contributed by atoms with E-state index in [0.29, 0.717) is 0 Å². The van der Waals surface area contributed by atoms with Crippen molar-refractivity contribution in [3.63, 3.8) is 0 Å². The van der Waals surface area contributed by atoms with E-state index in [1.54, 1.807) is 0 Å². The van der Waals surface area contributed by atoms with Gasteiger partial charge < -0.3 is 4.74 Å². The third-order valence-electron chi connectivity index (χ3n) is 5.68. The van der Waals surface area contributed by atoms with Crippen molar-refractivity contribution in [2.75, 3.05) is 13.1 Å². The van der Waals surface area contributed by atoms with Gasteiger partial charge in [0, 0.05) is 19.6 Å². The van der Waals surface area contributed by atoms with E-state index < -0.39 is 0 Å². The molecule has 1 spiro atoms. The lowest BCUT2D eigenvalue weighted by Gasteiger charge is -2.40. The molecule has 0 N–H and O–H groups in total. The minimum absolute atomic E-state index is 0.0853. The Bertz CT molecular complexity index is 727. The molecule has 0 amide bonds. The molecule has 0 saturated carbocycles. The highest BCUT2D eigenvalue weighted by Gasteiger charge is 2.49. The molecule has 1 fully saturated rings. The Morgan fingerprint density at radius 2 is 1.67 bits per heavy atom. The van der Waals surface area contributed by atoms with Gasteiger partial charge in [-0.3, -0.25) is 4.90 Å². The van der Waals surface area contributed by atoms with Crippen LogP contribution < -0.4 is 0 Å². The fourth-order valence-corrected chi connectivity index (χ4v) is 4.44. The van der Waals surface area contributed by atoms with E-state index in [2.05, 4.69) is 74.2 Å². The van der Waals surface area contributed by atoms with Crippen LogP contribution in [0.4, 0.5) is 0 Å². The van der Waals surface area contributed by atoms with Crippen molar-refractivity contribution in [2.24, 2.45) is 0 Å². The first-order valence-corrected chi connectivity index (χ1v) is 9.07. The Balaban J connectivity index is 1.54. The number of benzene rings is 2. The molecule has 0 bridgehead atoms. The van der Waals surface area contributed by atoms with Gasteiger partial charge in [-0.25, -0.2) is 0 Å². The van der Waals surface area contributed by atoms with Crippen molar-refractivity contribution in [3.8, 4) is 0 Å². The van der Waals surface area contributed by atoms with Gasteiger partial charge in [-0.1, -0.05) is 54.1 Å². The van der Waals surface area contributed by atoms with Gasteiger partial charge in [0.25, 0.3) is 0 Å². The fourth-order valence-electron chi connectivity index (χ4n) is 4.44. The van der Waals surface area contributed by atoms with E-state index in [9.17, 15) is 0 Å². The number of aryl methyl sites for hydroxylation is 1. The first-order valence-electron chi connectivity index (χ1n) is 9.07. The number of nitrogens with zero attached hydrogens (tertiary/aromatic N) is 1. The van der Waals surface area contributed by atoms with Crippen molar-refractivity contribution >= 4 is 0 Å². The van der Waals surface area contributed by atoms with Crippen LogP contribution in [0.15, 0.2) is 48.5 Å². The lowest BCUT2D eigenvalue weighted by Crippen LogP contribution is -2.43. The van der Waals surface area contributed by atoms with Crippen LogP contribution in [-0.4, -0.2) is 18.0 Å². The average Bonchev–Trinajstić information content (AvgIpc) is 2.78. The number of likely N-dealkylation sites (tertiary alicyclic amines) is 1. The van der Waals surface area contributed by atoms with Crippen LogP contribution in [-0.2, 0) is 22.5 Å². The lowest BCUT2D eigenvalue weighted by atomic mass is 9.81. The zero-order chi connectivity index (χ0) is 16.8. The standard InChI is InChI=1S/C22H27NO/c1-17-9-10-19-20(15-17)22(24-21(19,2)3)11-13-23(14-12-22)16-18-7-5-4-6-8-18/h4-10,15H,11-14,16H2,1-3H3. The van der Waals surface area contributed by atoms with Gasteiger partial charge in [0.05, 0.1) is 11.2 Å². The molecular weight excluding hydrogens is 294 g/mol. The monoisotopic (exact) mass is 321 g/mol. The number of rotatable bonds is 2.